The van der Waals surface area contributed by atoms with Crippen LogP contribution >= 0.6 is 12.4 Å². The van der Waals surface area contributed by atoms with Gasteiger partial charge < -0.3 is 14.9 Å². The number of nitrogens with two attached hydrogens (primary N) is 1. The van der Waals surface area contributed by atoms with Crippen LogP contribution in [-0.4, -0.2) is 45.4 Å². The molecule has 1 aromatic heterocycles. The highest BCUT2D eigenvalue weighted by molar-refractivity contribution is 7.89. The van der Waals surface area contributed by atoms with Crippen LogP contribution in [0.25, 0.3) is 0 Å². The Kier molecular flexibility index (Phi) is 7.28. The molecule has 1 aromatic carbocycles. The Morgan fingerprint density at radius 2 is 1.96 bits per heavy atom. The quantitative estimate of drug-likeness (QED) is 0.708. The van der Waals surface area contributed by atoms with Crippen LogP contribution in [0.15, 0.2) is 45.7 Å². The molecular formula is C19H25ClN2O5S. The first kappa shape index (κ1) is 22.4. The summed E-state index contributed by atoms with van der Waals surface area (Å²) in [5.41, 5.74) is 7.00. The minimum Gasteiger partial charge on any atom is -0.463 e. The number of carbonyl (C=O) groups excluding carboxylic acids is 1. The van der Waals surface area contributed by atoms with Crippen molar-refractivity contribution in [3.8, 4) is 0 Å². The minimum absolute atomic E-state index is 0. The molecule has 0 amide bonds. The predicted octanol–water partition coefficient (Wildman–Crippen LogP) is 2.41. The topological polar surface area (TPSA) is 103 Å². The van der Waals surface area contributed by atoms with Crippen LogP contribution in [0.1, 0.15) is 34.7 Å². The second-order valence-electron chi connectivity index (χ2n) is 6.58. The summed E-state index contributed by atoms with van der Waals surface area (Å²) < 4.78 is 38.0. The van der Waals surface area contributed by atoms with Crippen molar-refractivity contribution in [1.82, 2.24) is 4.31 Å². The summed E-state index contributed by atoms with van der Waals surface area (Å²) in [5.74, 6) is -0.498. The highest BCUT2D eigenvalue weighted by atomic mass is 35.5. The second kappa shape index (κ2) is 9.09. The van der Waals surface area contributed by atoms with Crippen LogP contribution in [0.2, 0.25) is 0 Å². The molecule has 0 spiro atoms. The van der Waals surface area contributed by atoms with Gasteiger partial charge in [0.25, 0.3) is 0 Å². The number of esters is 1. The fraction of sp³-hybridized carbons (Fsp3) is 0.421. The van der Waals surface area contributed by atoms with E-state index in [2.05, 4.69) is 4.74 Å². The van der Waals surface area contributed by atoms with E-state index in [1.54, 1.807) is 6.92 Å². The minimum atomic E-state index is -3.81. The molecule has 0 unspecified atom stereocenters. The fourth-order valence-corrected chi connectivity index (χ4v) is 5.31. The lowest BCUT2D eigenvalue weighted by Crippen LogP contribution is -2.30. The summed E-state index contributed by atoms with van der Waals surface area (Å²) in [7, 11) is -2.59. The lowest BCUT2D eigenvalue weighted by atomic mass is 9.89. The molecule has 1 fully saturated rings. The summed E-state index contributed by atoms with van der Waals surface area (Å²) in [4.78, 5) is 11.8. The van der Waals surface area contributed by atoms with Crippen molar-refractivity contribution in [3.05, 3.63) is 53.5 Å². The van der Waals surface area contributed by atoms with E-state index in [0.717, 1.165) is 5.56 Å². The SMILES string of the molecule is CCc1oc(C(=O)OC)cc1S(=O)(=O)N1C[C@@H](CN)[C@H](c2ccccc2)C1.Cl. The molecule has 0 bridgehead atoms. The zero-order chi connectivity index (χ0) is 19.6. The molecule has 0 radical (unpaired) electrons. The summed E-state index contributed by atoms with van der Waals surface area (Å²) >= 11 is 0. The van der Waals surface area contributed by atoms with Gasteiger partial charge in [0.2, 0.25) is 15.8 Å². The number of furan rings is 1. The summed E-state index contributed by atoms with van der Waals surface area (Å²) in [6.07, 6.45) is 0.349. The number of rotatable bonds is 6. The monoisotopic (exact) mass is 428 g/mol. The van der Waals surface area contributed by atoms with Gasteiger partial charge in [-0.05, 0) is 18.0 Å². The van der Waals surface area contributed by atoms with Crippen LogP contribution in [0.3, 0.4) is 0 Å². The van der Waals surface area contributed by atoms with E-state index in [0.29, 0.717) is 26.1 Å². The largest absolute Gasteiger partial charge is 0.463 e. The van der Waals surface area contributed by atoms with Crippen molar-refractivity contribution in [2.75, 3.05) is 26.7 Å². The highest BCUT2D eigenvalue weighted by Crippen LogP contribution is 2.36. The molecule has 9 heteroatoms. The number of methoxy groups -OCH3 is 1. The Labute approximate surface area is 171 Å². The van der Waals surface area contributed by atoms with Gasteiger partial charge in [0, 0.05) is 31.5 Å². The summed E-state index contributed by atoms with van der Waals surface area (Å²) in [5, 5.41) is 0. The fourth-order valence-electron chi connectivity index (χ4n) is 3.56. The summed E-state index contributed by atoms with van der Waals surface area (Å²) in [6.45, 7) is 2.85. The molecule has 1 aliphatic rings. The van der Waals surface area contributed by atoms with Crippen LogP contribution in [0.4, 0.5) is 0 Å². The number of halogens is 1. The van der Waals surface area contributed by atoms with Gasteiger partial charge in [0.05, 0.1) is 7.11 Å². The zero-order valence-corrected chi connectivity index (χ0v) is 17.5. The van der Waals surface area contributed by atoms with Crippen molar-refractivity contribution in [1.29, 1.82) is 0 Å². The first-order chi connectivity index (χ1) is 12.9. The molecule has 154 valence electrons. The summed E-state index contributed by atoms with van der Waals surface area (Å²) in [6, 6.07) is 11.1. The normalized spacial score (nSPS) is 20.0. The Balaban J connectivity index is 0.00000280. The number of ether oxygens (including phenoxy) is 1. The second-order valence-corrected chi connectivity index (χ2v) is 8.48. The van der Waals surface area contributed by atoms with Crippen molar-refractivity contribution in [3.63, 3.8) is 0 Å². The van der Waals surface area contributed by atoms with Crippen LogP contribution in [0, 0.1) is 5.92 Å². The molecule has 7 nitrogen and oxygen atoms in total. The lowest BCUT2D eigenvalue weighted by molar-refractivity contribution is 0.0563. The molecule has 2 heterocycles. The number of hydrogen-bond acceptors (Lipinski definition) is 6. The highest BCUT2D eigenvalue weighted by Gasteiger charge is 2.41. The van der Waals surface area contributed by atoms with Crippen molar-refractivity contribution in [2.45, 2.75) is 24.2 Å². The Hall–Kier alpha value is -1.87. The molecule has 3 rings (SSSR count). The van der Waals surface area contributed by atoms with E-state index in [1.807, 2.05) is 30.3 Å². The van der Waals surface area contributed by atoms with Crippen LogP contribution in [-0.2, 0) is 21.2 Å². The first-order valence-electron chi connectivity index (χ1n) is 8.88. The third-order valence-electron chi connectivity index (χ3n) is 5.03. The predicted molar refractivity (Wildman–Crippen MR) is 107 cm³/mol. The molecular weight excluding hydrogens is 404 g/mol. The number of nitrogens with zero attached hydrogens (tertiary/aromatic N) is 1. The van der Waals surface area contributed by atoms with Gasteiger partial charge in [-0.2, -0.15) is 4.31 Å². The third kappa shape index (κ3) is 4.10. The maximum Gasteiger partial charge on any atom is 0.373 e. The van der Waals surface area contributed by atoms with Crippen molar-refractivity contribution >= 4 is 28.4 Å². The van der Waals surface area contributed by atoms with Crippen LogP contribution in [0.5, 0.6) is 0 Å². The van der Waals surface area contributed by atoms with E-state index >= 15 is 0 Å². The van der Waals surface area contributed by atoms with Gasteiger partial charge in [-0.3, -0.25) is 0 Å². The van der Waals surface area contributed by atoms with Crippen molar-refractivity contribution in [2.24, 2.45) is 11.7 Å². The molecule has 1 saturated heterocycles. The van der Waals surface area contributed by atoms with Gasteiger partial charge in [0.1, 0.15) is 10.7 Å². The standard InChI is InChI=1S/C19H24N2O5S.ClH/c1-3-16-18(9-17(26-16)19(22)25-2)27(23,24)21-11-14(10-20)15(12-21)13-7-5-4-6-8-13;/h4-9,14-15H,3,10-12,20H2,1-2H3;1H/t14-,15+;/m1./s1. The molecule has 0 aliphatic carbocycles. The molecule has 2 aromatic rings. The molecule has 2 atom stereocenters. The van der Waals surface area contributed by atoms with Gasteiger partial charge in [0.15, 0.2) is 0 Å². The van der Waals surface area contributed by atoms with E-state index in [4.69, 9.17) is 10.2 Å². The maximum atomic E-state index is 13.2. The van der Waals surface area contributed by atoms with Crippen LogP contribution < -0.4 is 5.73 Å². The van der Waals surface area contributed by atoms with E-state index in [9.17, 15) is 13.2 Å². The van der Waals surface area contributed by atoms with Gasteiger partial charge >= 0.3 is 5.97 Å². The zero-order valence-electron chi connectivity index (χ0n) is 15.8. The number of hydrogen-bond donors (Lipinski definition) is 1. The number of carbonyl (C=O) groups is 1. The Morgan fingerprint density at radius 3 is 2.54 bits per heavy atom. The molecule has 0 saturated carbocycles. The Bertz CT molecular complexity index is 914. The smallest absolute Gasteiger partial charge is 0.373 e. The number of benzene rings is 1. The van der Waals surface area contributed by atoms with Crippen molar-refractivity contribution < 1.29 is 22.4 Å². The molecule has 2 N–H and O–H groups in total. The molecule has 28 heavy (non-hydrogen) atoms. The van der Waals surface area contributed by atoms with Gasteiger partial charge in [-0.15, -0.1) is 12.4 Å². The maximum absolute atomic E-state index is 13.2. The number of sulfonamides is 1. The Morgan fingerprint density at radius 1 is 1.29 bits per heavy atom. The average molecular weight is 429 g/mol. The molecule has 1 aliphatic heterocycles. The van der Waals surface area contributed by atoms with Gasteiger partial charge in [-0.1, -0.05) is 37.3 Å². The van der Waals surface area contributed by atoms with Gasteiger partial charge in [-0.25, -0.2) is 13.2 Å². The van der Waals surface area contributed by atoms with E-state index < -0.39 is 16.0 Å². The third-order valence-corrected chi connectivity index (χ3v) is 6.91. The average Bonchev–Trinajstić information content (AvgIpc) is 3.33. The lowest BCUT2D eigenvalue weighted by Gasteiger charge is -2.16. The van der Waals surface area contributed by atoms with E-state index in [1.165, 1.54) is 17.5 Å². The number of aryl methyl sites for hydroxylation is 1. The van der Waals surface area contributed by atoms with E-state index in [-0.39, 0.29) is 40.7 Å². The first-order valence-corrected chi connectivity index (χ1v) is 10.3.